The molecule has 0 spiro atoms. The van der Waals surface area contributed by atoms with Crippen molar-refractivity contribution in [3.63, 3.8) is 0 Å². The number of guanidine groups is 1. The van der Waals surface area contributed by atoms with Crippen LogP contribution < -0.4 is 21.1 Å². The molecule has 0 saturated carbocycles. The number of hydrogen-bond donors (Lipinski definition) is 3. The summed E-state index contributed by atoms with van der Waals surface area (Å²) < 4.78 is 5.27. The van der Waals surface area contributed by atoms with E-state index >= 15 is 0 Å². The maximum Gasteiger partial charge on any atom is 0.255 e. The normalized spacial score (nSPS) is 11.5. The highest BCUT2D eigenvalue weighted by molar-refractivity contribution is 14.0. The van der Waals surface area contributed by atoms with E-state index in [1.807, 2.05) is 24.3 Å². The van der Waals surface area contributed by atoms with Crippen LogP contribution in [0.3, 0.4) is 0 Å². The maximum absolute atomic E-state index is 10.8. The van der Waals surface area contributed by atoms with Crippen LogP contribution in [0.5, 0.6) is 5.75 Å². The number of hydrogen-bond acceptors (Lipinski definition) is 4. The van der Waals surface area contributed by atoms with Crippen LogP contribution in [0.15, 0.2) is 46.8 Å². The summed E-state index contributed by atoms with van der Waals surface area (Å²) in [6.07, 6.45) is 0.856. The Morgan fingerprint density at radius 3 is 2.52 bits per heavy atom. The molecule has 0 unspecified atom stereocenters. The molecule has 160 valence electrons. The van der Waals surface area contributed by atoms with Crippen molar-refractivity contribution in [1.29, 1.82) is 0 Å². The lowest BCUT2D eigenvalue weighted by Gasteiger charge is -2.21. The number of thiophene rings is 1. The Morgan fingerprint density at radius 1 is 1.21 bits per heavy atom. The van der Waals surface area contributed by atoms with Gasteiger partial charge in [0, 0.05) is 23.4 Å². The number of nitrogens with one attached hydrogen (secondary N) is 2. The van der Waals surface area contributed by atoms with Gasteiger partial charge in [-0.1, -0.05) is 32.0 Å². The van der Waals surface area contributed by atoms with Gasteiger partial charge in [-0.25, -0.2) is 0 Å². The number of nitrogens with zero attached hydrogens (tertiary/aromatic N) is 1. The molecule has 8 heteroatoms. The summed E-state index contributed by atoms with van der Waals surface area (Å²) in [5, 5.41) is 8.80. The molecule has 1 heterocycles. The SMILES string of the molecule is CCNC(=NCC(C)(C)c1cccs1)NCCc1ccc(OCC(N)=O)cc1.I. The highest BCUT2D eigenvalue weighted by Gasteiger charge is 2.21. The fourth-order valence-corrected chi connectivity index (χ4v) is 3.44. The molecule has 0 atom stereocenters. The van der Waals surface area contributed by atoms with Crippen LogP contribution in [0.2, 0.25) is 0 Å². The average Bonchev–Trinajstić information content (AvgIpc) is 3.21. The molecule has 0 aliphatic heterocycles. The van der Waals surface area contributed by atoms with Crippen LogP contribution in [0, 0.1) is 0 Å². The third kappa shape index (κ3) is 9.03. The van der Waals surface area contributed by atoms with E-state index < -0.39 is 5.91 Å². The molecule has 29 heavy (non-hydrogen) atoms. The number of ether oxygens (including phenoxy) is 1. The highest BCUT2D eigenvalue weighted by atomic mass is 127. The van der Waals surface area contributed by atoms with Crippen LogP contribution in [0.25, 0.3) is 0 Å². The minimum absolute atomic E-state index is 0. The van der Waals surface area contributed by atoms with E-state index in [4.69, 9.17) is 15.5 Å². The first-order valence-corrected chi connectivity index (χ1v) is 10.3. The van der Waals surface area contributed by atoms with E-state index in [0.29, 0.717) is 5.75 Å². The van der Waals surface area contributed by atoms with Gasteiger partial charge in [-0.05, 0) is 42.5 Å². The lowest BCUT2D eigenvalue weighted by atomic mass is 9.92. The van der Waals surface area contributed by atoms with Gasteiger partial charge in [0.25, 0.3) is 5.91 Å². The van der Waals surface area contributed by atoms with E-state index in [-0.39, 0.29) is 36.0 Å². The van der Waals surface area contributed by atoms with E-state index in [9.17, 15) is 4.79 Å². The number of amides is 1. The molecule has 6 nitrogen and oxygen atoms in total. The molecule has 0 radical (unpaired) electrons. The molecular formula is C21H31IN4O2S. The number of primary amides is 1. The van der Waals surface area contributed by atoms with E-state index in [0.717, 1.165) is 32.0 Å². The second-order valence-electron chi connectivity index (χ2n) is 7.13. The fourth-order valence-electron chi connectivity index (χ4n) is 2.59. The van der Waals surface area contributed by atoms with Crippen LogP contribution in [0.1, 0.15) is 31.2 Å². The smallest absolute Gasteiger partial charge is 0.255 e. The highest BCUT2D eigenvalue weighted by Crippen LogP contribution is 2.27. The maximum atomic E-state index is 10.8. The number of benzene rings is 1. The summed E-state index contributed by atoms with van der Waals surface area (Å²) in [7, 11) is 0. The Hall–Kier alpha value is -1.81. The number of halogens is 1. The van der Waals surface area contributed by atoms with Gasteiger partial charge >= 0.3 is 0 Å². The van der Waals surface area contributed by atoms with E-state index in [2.05, 4.69) is 48.9 Å². The van der Waals surface area contributed by atoms with Gasteiger partial charge in [-0.2, -0.15) is 0 Å². The number of aliphatic imine (C=N–C) groups is 1. The standard InChI is InChI=1S/C21H30N4O2S.HI/c1-4-23-20(25-15-21(2,3)18-6-5-13-28-18)24-12-11-16-7-9-17(10-8-16)27-14-19(22)26;/h5-10,13H,4,11-12,14-15H2,1-3H3,(H2,22,26)(H2,23,24,25);1H. The largest absolute Gasteiger partial charge is 0.484 e. The molecule has 0 aliphatic rings. The van der Waals surface area contributed by atoms with Gasteiger partial charge in [0.15, 0.2) is 12.6 Å². The summed E-state index contributed by atoms with van der Waals surface area (Å²) >= 11 is 1.77. The van der Waals surface area contributed by atoms with Crippen LogP contribution >= 0.6 is 35.3 Å². The van der Waals surface area contributed by atoms with Crippen molar-refractivity contribution in [3.8, 4) is 5.75 Å². The summed E-state index contributed by atoms with van der Waals surface area (Å²) in [6.45, 7) is 8.69. The molecule has 2 rings (SSSR count). The Bertz CT molecular complexity index is 761. The predicted octanol–water partition coefficient (Wildman–Crippen LogP) is 3.31. The second-order valence-corrected chi connectivity index (χ2v) is 8.08. The third-order valence-corrected chi connectivity index (χ3v) is 5.41. The Morgan fingerprint density at radius 2 is 1.93 bits per heavy atom. The lowest BCUT2D eigenvalue weighted by molar-refractivity contribution is -0.119. The zero-order chi connectivity index (χ0) is 20.4. The van der Waals surface area contributed by atoms with Gasteiger partial charge in [0.2, 0.25) is 0 Å². The van der Waals surface area contributed by atoms with Crippen molar-refractivity contribution in [2.45, 2.75) is 32.6 Å². The average molecular weight is 530 g/mol. The molecule has 1 aromatic heterocycles. The zero-order valence-electron chi connectivity index (χ0n) is 17.2. The molecule has 0 fully saturated rings. The first-order valence-electron chi connectivity index (χ1n) is 9.47. The quantitative estimate of drug-likeness (QED) is 0.250. The number of nitrogens with two attached hydrogens (primary N) is 1. The van der Waals surface area contributed by atoms with Gasteiger partial charge < -0.3 is 21.1 Å². The van der Waals surface area contributed by atoms with Gasteiger partial charge in [0.05, 0.1) is 6.54 Å². The topological polar surface area (TPSA) is 88.7 Å². The van der Waals surface area contributed by atoms with E-state index in [1.165, 1.54) is 10.4 Å². The lowest BCUT2D eigenvalue weighted by Crippen LogP contribution is -2.39. The molecule has 2 aromatic rings. The summed E-state index contributed by atoms with van der Waals surface area (Å²) in [5.74, 6) is 0.987. The molecule has 4 N–H and O–H groups in total. The van der Waals surface area contributed by atoms with Gasteiger partial charge in [-0.3, -0.25) is 9.79 Å². The third-order valence-electron chi connectivity index (χ3n) is 4.18. The van der Waals surface area contributed by atoms with Crippen molar-refractivity contribution < 1.29 is 9.53 Å². The van der Waals surface area contributed by atoms with Crippen LogP contribution in [0.4, 0.5) is 0 Å². The predicted molar refractivity (Wildman–Crippen MR) is 132 cm³/mol. The molecule has 1 amide bonds. The van der Waals surface area contributed by atoms with Crippen molar-refractivity contribution in [3.05, 3.63) is 52.2 Å². The van der Waals surface area contributed by atoms with Crippen molar-refractivity contribution in [2.24, 2.45) is 10.7 Å². The van der Waals surface area contributed by atoms with Crippen LogP contribution in [-0.4, -0.2) is 38.1 Å². The van der Waals surface area contributed by atoms with Gasteiger partial charge in [0.1, 0.15) is 5.75 Å². The Kier molecular flexibility index (Phi) is 11.0. The monoisotopic (exact) mass is 530 g/mol. The minimum atomic E-state index is -0.481. The molecule has 0 aliphatic carbocycles. The molecule has 0 saturated heterocycles. The van der Waals surface area contributed by atoms with E-state index in [1.54, 1.807) is 11.3 Å². The Balaban J connectivity index is 0.00000420. The Labute approximate surface area is 194 Å². The van der Waals surface area contributed by atoms with Crippen molar-refractivity contribution in [2.75, 3.05) is 26.2 Å². The van der Waals surface area contributed by atoms with Crippen LogP contribution in [-0.2, 0) is 16.6 Å². The first kappa shape index (κ1) is 25.2. The van der Waals surface area contributed by atoms with Gasteiger partial charge in [-0.15, -0.1) is 35.3 Å². The summed E-state index contributed by atoms with van der Waals surface area (Å²) in [4.78, 5) is 16.9. The molecule has 1 aromatic carbocycles. The summed E-state index contributed by atoms with van der Waals surface area (Å²) in [5.41, 5.74) is 6.26. The zero-order valence-corrected chi connectivity index (χ0v) is 20.4. The van der Waals surface area contributed by atoms with Crippen molar-refractivity contribution >= 4 is 47.2 Å². The second kappa shape index (κ2) is 12.7. The number of carbonyl (C=O) groups excluding carboxylic acids is 1. The minimum Gasteiger partial charge on any atom is -0.484 e. The number of carbonyl (C=O) groups is 1. The summed E-state index contributed by atoms with van der Waals surface area (Å²) in [6, 6.07) is 11.9. The fraction of sp³-hybridized carbons (Fsp3) is 0.429. The number of rotatable bonds is 10. The first-order chi connectivity index (χ1) is 13.4. The molecule has 0 bridgehead atoms. The molecular weight excluding hydrogens is 499 g/mol. The van der Waals surface area contributed by atoms with Crippen molar-refractivity contribution in [1.82, 2.24) is 10.6 Å².